The monoisotopic (exact) mass is 459 g/mol. The van der Waals surface area contributed by atoms with Crippen molar-refractivity contribution in [1.29, 1.82) is 0 Å². The smallest absolute Gasteiger partial charge is 0.408 e. The lowest BCUT2D eigenvalue weighted by molar-refractivity contribution is 0.0503. The van der Waals surface area contributed by atoms with Crippen LogP contribution < -0.4 is 10.0 Å². The number of ether oxygens (including phenoxy) is 1. The molecule has 2 aliphatic rings. The Kier molecular flexibility index (Phi) is 5.96. The molecule has 0 saturated heterocycles. The van der Waals surface area contributed by atoms with Crippen molar-refractivity contribution in [3.8, 4) is 0 Å². The molecule has 1 heterocycles. The minimum atomic E-state index is -3.73. The number of nitrogens with one attached hydrogen (secondary N) is 2. The molecule has 1 aromatic heterocycles. The van der Waals surface area contributed by atoms with Gasteiger partial charge in [0.15, 0.2) is 0 Å². The fourth-order valence-electron chi connectivity index (χ4n) is 4.19. The van der Waals surface area contributed by atoms with Crippen LogP contribution in [0.4, 0.5) is 4.79 Å². The van der Waals surface area contributed by atoms with Crippen molar-refractivity contribution < 1.29 is 17.9 Å². The fraction of sp³-hybridized carbons (Fsp3) is 0.583. The first-order valence-corrected chi connectivity index (χ1v) is 12.9. The Bertz CT molecular complexity index is 1150. The van der Waals surface area contributed by atoms with E-state index in [1.807, 2.05) is 46.9 Å². The van der Waals surface area contributed by atoms with E-state index in [9.17, 15) is 13.2 Å². The highest BCUT2D eigenvalue weighted by Crippen LogP contribution is 2.43. The van der Waals surface area contributed by atoms with E-state index in [-0.39, 0.29) is 16.9 Å². The molecule has 0 bridgehead atoms. The molecule has 7 nitrogen and oxygen atoms in total. The normalized spacial score (nSPS) is 18.8. The molecule has 0 spiro atoms. The van der Waals surface area contributed by atoms with E-state index in [1.54, 1.807) is 6.07 Å². The Morgan fingerprint density at radius 2 is 1.91 bits per heavy atom. The zero-order chi connectivity index (χ0) is 23.3. The molecule has 2 aliphatic carbocycles. The van der Waals surface area contributed by atoms with Crippen molar-refractivity contribution in [1.82, 2.24) is 15.0 Å². The molecule has 0 aliphatic heterocycles. The number of amides is 1. The molecule has 174 valence electrons. The number of carbonyl (C=O) groups is 1. The number of benzene rings is 1. The summed E-state index contributed by atoms with van der Waals surface area (Å²) < 4.78 is 34.8. The molecule has 4 rings (SSSR count). The van der Waals surface area contributed by atoms with E-state index in [2.05, 4.69) is 15.0 Å². The Balaban J connectivity index is 1.78. The second-order valence-electron chi connectivity index (χ2n) is 10.4. The maximum atomic E-state index is 13.3. The Morgan fingerprint density at radius 3 is 2.53 bits per heavy atom. The number of rotatable bonds is 6. The largest absolute Gasteiger partial charge is 0.444 e. The molecule has 2 aromatic rings. The third-order valence-corrected chi connectivity index (χ3v) is 7.33. The summed E-state index contributed by atoms with van der Waals surface area (Å²) >= 11 is 0. The second kappa shape index (κ2) is 8.30. The summed E-state index contributed by atoms with van der Waals surface area (Å²) in [6.07, 6.45) is 4.95. The van der Waals surface area contributed by atoms with Crippen LogP contribution in [0.5, 0.6) is 0 Å². The van der Waals surface area contributed by atoms with Crippen LogP contribution in [0.25, 0.3) is 10.8 Å². The van der Waals surface area contributed by atoms with Gasteiger partial charge in [0.25, 0.3) is 0 Å². The van der Waals surface area contributed by atoms with Crippen LogP contribution in [-0.2, 0) is 21.2 Å². The van der Waals surface area contributed by atoms with E-state index >= 15 is 0 Å². The van der Waals surface area contributed by atoms with Gasteiger partial charge in [-0.15, -0.1) is 0 Å². The SMILES string of the molecule is CC(C)CNS(=O)(=O)c1cc2c(c3cnc(C4CC4)cc13)CCC2NC(=O)OC(C)(C)C. The molecule has 1 aromatic carbocycles. The van der Waals surface area contributed by atoms with Crippen LogP contribution in [0.3, 0.4) is 0 Å². The minimum Gasteiger partial charge on any atom is -0.444 e. The predicted octanol–water partition coefficient (Wildman–Crippen LogP) is 4.56. The first-order valence-electron chi connectivity index (χ1n) is 11.4. The highest BCUT2D eigenvalue weighted by molar-refractivity contribution is 7.89. The number of alkyl carbamates (subject to hydrolysis) is 1. The van der Waals surface area contributed by atoms with Crippen molar-refractivity contribution in [2.24, 2.45) is 5.92 Å². The topological polar surface area (TPSA) is 97.4 Å². The number of carbonyl (C=O) groups excluding carboxylic acids is 1. The number of hydrogen-bond acceptors (Lipinski definition) is 5. The summed E-state index contributed by atoms with van der Waals surface area (Å²) in [6.45, 7) is 9.75. The molecule has 1 unspecified atom stereocenters. The first-order chi connectivity index (χ1) is 14.9. The molecule has 1 fully saturated rings. The van der Waals surface area contributed by atoms with Crippen LogP contribution in [0.15, 0.2) is 23.2 Å². The molecule has 2 N–H and O–H groups in total. The molecule has 32 heavy (non-hydrogen) atoms. The average molecular weight is 460 g/mol. The Hall–Kier alpha value is -2.19. The quantitative estimate of drug-likeness (QED) is 0.660. The molecule has 8 heteroatoms. The van der Waals surface area contributed by atoms with Gasteiger partial charge < -0.3 is 10.1 Å². The molecular weight excluding hydrogens is 426 g/mol. The minimum absolute atomic E-state index is 0.191. The molecule has 1 amide bonds. The van der Waals surface area contributed by atoms with Crippen molar-refractivity contribution in [2.45, 2.75) is 82.8 Å². The average Bonchev–Trinajstić information content (AvgIpc) is 3.46. The summed E-state index contributed by atoms with van der Waals surface area (Å²) in [7, 11) is -3.73. The fourth-order valence-corrected chi connectivity index (χ4v) is 5.64. The zero-order valence-corrected chi connectivity index (χ0v) is 20.3. The maximum Gasteiger partial charge on any atom is 0.408 e. The molecule has 0 radical (unpaired) electrons. The molecule has 1 atom stereocenters. The lowest BCUT2D eigenvalue weighted by Gasteiger charge is -2.22. The van der Waals surface area contributed by atoms with Crippen molar-refractivity contribution >= 4 is 26.9 Å². The summed E-state index contributed by atoms with van der Waals surface area (Å²) in [5.41, 5.74) is 2.24. The second-order valence-corrected chi connectivity index (χ2v) is 12.1. The summed E-state index contributed by atoms with van der Waals surface area (Å²) in [5.74, 6) is 0.615. The number of pyridine rings is 1. The van der Waals surface area contributed by atoms with Crippen LogP contribution in [0.2, 0.25) is 0 Å². The van der Waals surface area contributed by atoms with E-state index in [0.29, 0.717) is 18.9 Å². The summed E-state index contributed by atoms with van der Waals surface area (Å²) in [5, 5.41) is 4.50. The van der Waals surface area contributed by atoms with Gasteiger partial charge in [0.2, 0.25) is 10.0 Å². The number of aromatic nitrogens is 1. The van der Waals surface area contributed by atoms with Gasteiger partial charge in [-0.1, -0.05) is 13.8 Å². The Morgan fingerprint density at radius 1 is 1.19 bits per heavy atom. The van der Waals surface area contributed by atoms with Gasteiger partial charge in [0.05, 0.1) is 10.9 Å². The number of nitrogens with zero attached hydrogens (tertiary/aromatic N) is 1. The third-order valence-electron chi connectivity index (χ3n) is 5.87. The van der Waals surface area contributed by atoms with Crippen LogP contribution in [-0.4, -0.2) is 31.6 Å². The number of sulfonamides is 1. The standard InChI is InChI=1S/C24H33N3O4S/c1-14(2)12-26-32(29,30)22-11-17-16(8-9-20(17)27-23(28)31-24(3,4)5)19-13-25-21(10-18(19)22)15-6-7-15/h10-11,13-15,20,26H,6-9,12H2,1-5H3,(H,27,28). The van der Waals surface area contributed by atoms with Crippen LogP contribution >= 0.6 is 0 Å². The van der Waals surface area contributed by atoms with Crippen molar-refractivity contribution in [3.63, 3.8) is 0 Å². The number of aryl methyl sites for hydroxylation is 1. The number of fused-ring (bicyclic) bond motifs is 3. The lowest BCUT2D eigenvalue weighted by atomic mass is 10.0. The Labute approximate surface area is 190 Å². The van der Waals surface area contributed by atoms with Crippen molar-refractivity contribution in [2.75, 3.05) is 6.54 Å². The summed E-state index contributed by atoms with van der Waals surface area (Å²) in [6, 6.07) is 3.39. The lowest BCUT2D eigenvalue weighted by Crippen LogP contribution is -2.34. The van der Waals surface area contributed by atoms with Gasteiger partial charge >= 0.3 is 6.09 Å². The third kappa shape index (κ3) is 4.91. The maximum absolute atomic E-state index is 13.3. The van der Waals surface area contributed by atoms with Gasteiger partial charge in [-0.25, -0.2) is 17.9 Å². The predicted molar refractivity (Wildman–Crippen MR) is 124 cm³/mol. The van der Waals surface area contributed by atoms with Gasteiger partial charge in [0.1, 0.15) is 5.60 Å². The van der Waals surface area contributed by atoms with E-state index < -0.39 is 21.7 Å². The van der Waals surface area contributed by atoms with Crippen LogP contribution in [0.1, 0.15) is 82.7 Å². The zero-order valence-electron chi connectivity index (χ0n) is 19.5. The van der Waals surface area contributed by atoms with Gasteiger partial charge in [0, 0.05) is 35.1 Å². The van der Waals surface area contributed by atoms with Gasteiger partial charge in [-0.05, 0) is 75.6 Å². The van der Waals surface area contributed by atoms with Gasteiger partial charge in [-0.3, -0.25) is 4.98 Å². The molecule has 1 saturated carbocycles. The van der Waals surface area contributed by atoms with Crippen molar-refractivity contribution in [3.05, 3.63) is 35.2 Å². The first kappa shape index (κ1) is 23.0. The van der Waals surface area contributed by atoms with E-state index in [1.165, 1.54) is 0 Å². The highest BCUT2D eigenvalue weighted by Gasteiger charge is 2.32. The van der Waals surface area contributed by atoms with E-state index in [0.717, 1.165) is 46.9 Å². The molecular formula is C24H33N3O4S. The van der Waals surface area contributed by atoms with Gasteiger partial charge in [-0.2, -0.15) is 0 Å². The number of hydrogen-bond donors (Lipinski definition) is 2. The van der Waals surface area contributed by atoms with Crippen LogP contribution in [0, 0.1) is 5.92 Å². The van der Waals surface area contributed by atoms with E-state index in [4.69, 9.17) is 4.74 Å². The highest BCUT2D eigenvalue weighted by atomic mass is 32.2. The summed E-state index contributed by atoms with van der Waals surface area (Å²) in [4.78, 5) is 17.3.